The summed E-state index contributed by atoms with van der Waals surface area (Å²) in [5.41, 5.74) is 5.63. The first-order chi connectivity index (χ1) is 8.69. The number of aromatic nitrogens is 3. The van der Waals surface area contributed by atoms with Crippen LogP contribution in [0.2, 0.25) is 0 Å². The Morgan fingerprint density at radius 2 is 2.28 bits per heavy atom. The van der Waals surface area contributed by atoms with Crippen molar-refractivity contribution in [1.82, 2.24) is 15.0 Å². The van der Waals surface area contributed by atoms with Gasteiger partial charge in [-0.05, 0) is 19.8 Å². The minimum Gasteiger partial charge on any atom is -0.463 e. The van der Waals surface area contributed by atoms with Crippen LogP contribution in [0.15, 0.2) is 0 Å². The summed E-state index contributed by atoms with van der Waals surface area (Å²) >= 11 is 0. The lowest BCUT2D eigenvalue weighted by molar-refractivity contribution is 0.121. The van der Waals surface area contributed by atoms with E-state index in [-0.39, 0.29) is 24.1 Å². The number of rotatable bonds is 5. The summed E-state index contributed by atoms with van der Waals surface area (Å²) < 4.78 is 10.8. The first-order valence-corrected chi connectivity index (χ1v) is 6.21. The van der Waals surface area contributed by atoms with Gasteiger partial charge in [0, 0.05) is 6.61 Å². The maximum Gasteiger partial charge on any atom is 0.323 e. The summed E-state index contributed by atoms with van der Waals surface area (Å²) in [5, 5.41) is 3.20. The van der Waals surface area contributed by atoms with E-state index in [1.165, 1.54) is 0 Å². The van der Waals surface area contributed by atoms with Crippen molar-refractivity contribution in [3.8, 4) is 6.01 Å². The molecule has 2 atom stereocenters. The number of nitrogens with one attached hydrogen (secondary N) is 1. The average Bonchev–Trinajstić information content (AvgIpc) is 2.72. The molecule has 1 aliphatic heterocycles. The van der Waals surface area contributed by atoms with Crippen molar-refractivity contribution in [2.24, 2.45) is 0 Å². The van der Waals surface area contributed by atoms with Crippen LogP contribution in [0.25, 0.3) is 0 Å². The van der Waals surface area contributed by atoms with E-state index in [9.17, 15) is 0 Å². The molecule has 7 nitrogen and oxygen atoms in total. The molecule has 3 N–H and O–H groups in total. The third-order valence-electron chi connectivity index (χ3n) is 2.76. The second-order valence-electron chi connectivity index (χ2n) is 4.26. The molecular weight excluding hydrogens is 234 g/mol. The Hall–Kier alpha value is -1.63. The SMILES string of the molecule is CCCOc1nc(N)nc(NC2CCOC2C)n1. The maximum atomic E-state index is 5.63. The van der Waals surface area contributed by atoms with E-state index in [4.69, 9.17) is 15.2 Å². The largest absolute Gasteiger partial charge is 0.463 e. The van der Waals surface area contributed by atoms with Crippen LogP contribution < -0.4 is 15.8 Å². The summed E-state index contributed by atoms with van der Waals surface area (Å²) in [5.74, 6) is 0.598. The van der Waals surface area contributed by atoms with Crippen molar-refractivity contribution in [1.29, 1.82) is 0 Å². The molecule has 2 unspecified atom stereocenters. The number of hydrogen-bond acceptors (Lipinski definition) is 7. The Morgan fingerprint density at radius 3 is 2.94 bits per heavy atom. The Labute approximate surface area is 106 Å². The zero-order valence-electron chi connectivity index (χ0n) is 10.7. The summed E-state index contributed by atoms with van der Waals surface area (Å²) in [6, 6.07) is 0.462. The molecule has 1 aliphatic rings. The van der Waals surface area contributed by atoms with Gasteiger partial charge in [0.25, 0.3) is 0 Å². The highest BCUT2D eigenvalue weighted by atomic mass is 16.5. The maximum absolute atomic E-state index is 5.63. The van der Waals surface area contributed by atoms with Crippen LogP contribution in [-0.4, -0.2) is 40.3 Å². The third kappa shape index (κ3) is 3.19. The van der Waals surface area contributed by atoms with Crippen LogP contribution in [-0.2, 0) is 4.74 Å². The fourth-order valence-corrected chi connectivity index (χ4v) is 1.78. The summed E-state index contributed by atoms with van der Waals surface area (Å²) in [7, 11) is 0. The van der Waals surface area contributed by atoms with Gasteiger partial charge in [-0.1, -0.05) is 6.92 Å². The van der Waals surface area contributed by atoms with Crippen LogP contribution >= 0.6 is 0 Å². The van der Waals surface area contributed by atoms with E-state index in [1.807, 2.05) is 13.8 Å². The van der Waals surface area contributed by atoms with Crippen LogP contribution in [0, 0.1) is 0 Å². The highest BCUT2D eigenvalue weighted by Gasteiger charge is 2.25. The molecular formula is C11H19N5O2. The molecule has 2 heterocycles. The van der Waals surface area contributed by atoms with Gasteiger partial charge in [0.1, 0.15) is 0 Å². The molecule has 7 heteroatoms. The van der Waals surface area contributed by atoms with Gasteiger partial charge in [0.2, 0.25) is 11.9 Å². The summed E-state index contributed by atoms with van der Waals surface area (Å²) in [4.78, 5) is 12.2. The minimum absolute atomic E-state index is 0.142. The van der Waals surface area contributed by atoms with Gasteiger partial charge in [-0.15, -0.1) is 0 Å². The molecule has 0 amide bonds. The van der Waals surface area contributed by atoms with Gasteiger partial charge in [0.05, 0.1) is 18.8 Å². The number of nitrogen functional groups attached to an aromatic ring is 1. The fraction of sp³-hybridized carbons (Fsp3) is 0.727. The standard InChI is InChI=1S/C11H19N5O2/c1-3-5-18-11-15-9(12)14-10(16-11)13-8-4-6-17-7(8)2/h7-8H,3-6H2,1-2H3,(H3,12,13,14,15,16). The first kappa shape index (κ1) is 12.8. The quantitative estimate of drug-likeness (QED) is 0.802. The second kappa shape index (κ2) is 5.81. The molecule has 0 bridgehead atoms. The van der Waals surface area contributed by atoms with Gasteiger partial charge in [-0.3, -0.25) is 0 Å². The molecule has 18 heavy (non-hydrogen) atoms. The van der Waals surface area contributed by atoms with Crippen LogP contribution in [0.3, 0.4) is 0 Å². The van der Waals surface area contributed by atoms with E-state index in [0.717, 1.165) is 19.4 Å². The smallest absolute Gasteiger partial charge is 0.323 e. The van der Waals surface area contributed by atoms with Crippen LogP contribution in [0.4, 0.5) is 11.9 Å². The van der Waals surface area contributed by atoms with E-state index in [0.29, 0.717) is 12.6 Å². The lowest BCUT2D eigenvalue weighted by Crippen LogP contribution is -2.28. The average molecular weight is 253 g/mol. The Morgan fingerprint density at radius 1 is 1.44 bits per heavy atom. The van der Waals surface area contributed by atoms with E-state index >= 15 is 0 Å². The van der Waals surface area contributed by atoms with Gasteiger partial charge >= 0.3 is 6.01 Å². The number of anilines is 2. The number of nitrogens with zero attached hydrogens (tertiary/aromatic N) is 3. The van der Waals surface area contributed by atoms with Gasteiger partial charge in [-0.2, -0.15) is 15.0 Å². The number of ether oxygens (including phenoxy) is 2. The van der Waals surface area contributed by atoms with Gasteiger partial charge in [-0.25, -0.2) is 0 Å². The van der Waals surface area contributed by atoms with Gasteiger partial charge < -0.3 is 20.5 Å². The highest BCUT2D eigenvalue weighted by molar-refractivity contribution is 5.34. The zero-order valence-corrected chi connectivity index (χ0v) is 10.7. The summed E-state index contributed by atoms with van der Waals surface area (Å²) in [6.07, 6.45) is 1.96. The molecule has 0 saturated carbocycles. The van der Waals surface area contributed by atoms with Crippen molar-refractivity contribution >= 4 is 11.9 Å². The molecule has 1 fully saturated rings. The first-order valence-electron chi connectivity index (χ1n) is 6.21. The predicted octanol–water partition coefficient (Wildman–Crippen LogP) is 0.832. The Kier molecular flexibility index (Phi) is 4.14. The van der Waals surface area contributed by atoms with Crippen molar-refractivity contribution in [2.75, 3.05) is 24.3 Å². The normalized spacial score (nSPS) is 23.0. The van der Waals surface area contributed by atoms with Crippen molar-refractivity contribution in [3.05, 3.63) is 0 Å². The van der Waals surface area contributed by atoms with Crippen molar-refractivity contribution < 1.29 is 9.47 Å². The minimum atomic E-state index is 0.142. The molecule has 2 rings (SSSR count). The molecule has 1 aromatic rings. The second-order valence-corrected chi connectivity index (χ2v) is 4.26. The molecule has 0 aliphatic carbocycles. The third-order valence-corrected chi connectivity index (χ3v) is 2.76. The molecule has 0 spiro atoms. The lowest BCUT2D eigenvalue weighted by Gasteiger charge is -2.16. The van der Waals surface area contributed by atoms with Crippen LogP contribution in [0.5, 0.6) is 6.01 Å². The molecule has 1 aromatic heterocycles. The predicted molar refractivity (Wildman–Crippen MR) is 67.5 cm³/mol. The lowest BCUT2D eigenvalue weighted by atomic mass is 10.2. The molecule has 100 valence electrons. The zero-order chi connectivity index (χ0) is 13.0. The van der Waals surface area contributed by atoms with Crippen molar-refractivity contribution in [2.45, 2.75) is 38.8 Å². The van der Waals surface area contributed by atoms with E-state index in [1.54, 1.807) is 0 Å². The Balaban J connectivity index is 2.05. The highest BCUT2D eigenvalue weighted by Crippen LogP contribution is 2.18. The molecule has 0 aromatic carbocycles. The van der Waals surface area contributed by atoms with Crippen LogP contribution in [0.1, 0.15) is 26.7 Å². The van der Waals surface area contributed by atoms with E-state index in [2.05, 4.69) is 20.3 Å². The molecule has 1 saturated heterocycles. The van der Waals surface area contributed by atoms with Crippen molar-refractivity contribution in [3.63, 3.8) is 0 Å². The topological polar surface area (TPSA) is 95.2 Å². The molecule has 0 radical (unpaired) electrons. The van der Waals surface area contributed by atoms with E-state index < -0.39 is 0 Å². The van der Waals surface area contributed by atoms with Gasteiger partial charge in [0.15, 0.2) is 0 Å². The summed E-state index contributed by atoms with van der Waals surface area (Å²) in [6.45, 7) is 5.34. The Bertz CT molecular complexity index is 401. The fourth-order valence-electron chi connectivity index (χ4n) is 1.78. The number of nitrogens with two attached hydrogens (primary N) is 1. The monoisotopic (exact) mass is 253 g/mol. The number of hydrogen-bond donors (Lipinski definition) is 2.